The minimum atomic E-state index is -0.927. The van der Waals surface area contributed by atoms with Crippen LogP contribution in [0.1, 0.15) is 22.4 Å². The number of nitrogens with zero attached hydrogens (tertiary/aromatic N) is 3. The number of carbonyl (C=O) groups is 1. The predicted octanol–water partition coefficient (Wildman–Crippen LogP) is 4.30. The molecule has 1 amide bonds. The van der Waals surface area contributed by atoms with Gasteiger partial charge in [0.05, 0.1) is 18.8 Å². The second-order valence-electron chi connectivity index (χ2n) is 8.90. The van der Waals surface area contributed by atoms with Crippen molar-refractivity contribution in [1.29, 1.82) is 0 Å². The van der Waals surface area contributed by atoms with Crippen LogP contribution in [0.2, 0.25) is 0 Å². The fourth-order valence-electron chi connectivity index (χ4n) is 5.54. The number of carbonyl (C=O) groups excluding carboxylic acids is 1. The molecule has 0 saturated carbocycles. The molecule has 0 bridgehead atoms. The number of rotatable bonds is 3. The van der Waals surface area contributed by atoms with Crippen LogP contribution in [-0.2, 0) is 23.2 Å². The average Bonchev–Trinajstić information content (AvgIpc) is 3.56. The van der Waals surface area contributed by atoms with E-state index in [1.807, 2.05) is 59.6 Å². The van der Waals surface area contributed by atoms with E-state index < -0.39 is 5.41 Å². The number of anilines is 1. The Morgan fingerprint density at radius 2 is 1.94 bits per heavy atom. The highest BCUT2D eigenvalue weighted by atomic mass is 16.5. The van der Waals surface area contributed by atoms with Crippen LogP contribution in [0, 0.1) is 0 Å². The van der Waals surface area contributed by atoms with E-state index in [1.54, 1.807) is 12.4 Å². The van der Waals surface area contributed by atoms with Crippen LogP contribution < -0.4 is 14.4 Å². The molecule has 4 aromatic rings. The summed E-state index contributed by atoms with van der Waals surface area (Å²) >= 11 is 0. The Bertz CT molecular complexity index is 1440. The fourth-order valence-corrected chi connectivity index (χ4v) is 5.54. The zero-order chi connectivity index (χ0) is 22.7. The van der Waals surface area contributed by atoms with Gasteiger partial charge in [-0.1, -0.05) is 24.3 Å². The number of pyridine rings is 2. The number of aromatic nitrogens is 2. The first-order valence-corrected chi connectivity index (χ1v) is 11.4. The maximum absolute atomic E-state index is 14.4. The molecule has 6 heteroatoms. The molecule has 3 aliphatic rings. The minimum absolute atomic E-state index is 0.0158. The standard InChI is InChI=1S/C28H21N3O3/c32-27-28(17-34-25-14-24-18(9-12-33-24)13-22(25)28)26-21(19-5-4-10-29-15-19)7-3-8-23(26)31(27)16-20-6-1-2-11-30-20/h1-8,10-11,13-15H,9,12,16-17H2. The Kier molecular flexibility index (Phi) is 4.06. The molecule has 0 aliphatic carbocycles. The molecule has 1 spiro atoms. The molecule has 166 valence electrons. The van der Waals surface area contributed by atoms with Crippen molar-refractivity contribution in [2.24, 2.45) is 0 Å². The summed E-state index contributed by atoms with van der Waals surface area (Å²) in [5.41, 5.74) is 5.80. The van der Waals surface area contributed by atoms with E-state index in [0.29, 0.717) is 13.2 Å². The van der Waals surface area contributed by atoms with E-state index in [9.17, 15) is 4.79 Å². The first-order chi connectivity index (χ1) is 16.8. The number of amides is 1. The lowest BCUT2D eigenvalue weighted by Crippen LogP contribution is -2.42. The number of hydrogen-bond acceptors (Lipinski definition) is 5. The number of fused-ring (bicyclic) bond motifs is 5. The second-order valence-corrected chi connectivity index (χ2v) is 8.90. The third-order valence-electron chi connectivity index (χ3n) is 7.08. The molecule has 1 atom stereocenters. The first-order valence-electron chi connectivity index (χ1n) is 11.4. The summed E-state index contributed by atoms with van der Waals surface area (Å²) in [6.07, 6.45) is 6.21. The summed E-state index contributed by atoms with van der Waals surface area (Å²) in [6.45, 7) is 1.31. The smallest absolute Gasteiger partial charge is 0.246 e. The molecule has 0 N–H and O–H groups in total. The van der Waals surface area contributed by atoms with Crippen LogP contribution in [-0.4, -0.2) is 29.1 Å². The monoisotopic (exact) mass is 447 g/mol. The molecule has 7 rings (SSSR count). The SMILES string of the molecule is O=C1N(Cc2ccccn2)c2cccc(-c3cccnc3)c2C12COc1cc3c(cc12)CCO3. The first kappa shape index (κ1) is 19.3. The summed E-state index contributed by atoms with van der Waals surface area (Å²) in [6, 6.07) is 19.9. The van der Waals surface area contributed by atoms with E-state index in [-0.39, 0.29) is 12.5 Å². The van der Waals surface area contributed by atoms with Crippen LogP contribution in [0.15, 0.2) is 79.3 Å². The lowest BCUT2D eigenvalue weighted by atomic mass is 9.74. The van der Waals surface area contributed by atoms with E-state index in [1.165, 1.54) is 0 Å². The second kappa shape index (κ2) is 7.15. The van der Waals surface area contributed by atoms with Crippen LogP contribution in [0.5, 0.6) is 11.5 Å². The van der Waals surface area contributed by atoms with Crippen molar-refractivity contribution in [2.75, 3.05) is 18.1 Å². The maximum Gasteiger partial charge on any atom is 0.246 e. The maximum atomic E-state index is 14.4. The highest BCUT2D eigenvalue weighted by Gasteiger charge is 2.58. The molecule has 3 aliphatic heterocycles. The lowest BCUT2D eigenvalue weighted by molar-refractivity contribution is -0.122. The number of hydrogen-bond donors (Lipinski definition) is 0. The highest BCUT2D eigenvalue weighted by Crippen LogP contribution is 2.56. The zero-order valence-corrected chi connectivity index (χ0v) is 18.4. The Morgan fingerprint density at radius 1 is 0.971 bits per heavy atom. The Morgan fingerprint density at radius 3 is 2.79 bits per heavy atom. The molecule has 0 fully saturated rings. The Balaban J connectivity index is 1.48. The number of ether oxygens (including phenoxy) is 2. The van der Waals surface area contributed by atoms with Gasteiger partial charge in [0.1, 0.15) is 23.5 Å². The van der Waals surface area contributed by atoms with Gasteiger partial charge in [-0.25, -0.2) is 0 Å². The third kappa shape index (κ3) is 2.59. The van der Waals surface area contributed by atoms with Crippen molar-refractivity contribution >= 4 is 11.6 Å². The van der Waals surface area contributed by atoms with Crippen molar-refractivity contribution in [3.05, 3.63) is 102 Å². The van der Waals surface area contributed by atoms with Crippen molar-refractivity contribution in [3.63, 3.8) is 0 Å². The molecule has 5 heterocycles. The summed E-state index contributed by atoms with van der Waals surface area (Å²) in [7, 11) is 0. The lowest BCUT2D eigenvalue weighted by Gasteiger charge is -2.24. The van der Waals surface area contributed by atoms with Crippen molar-refractivity contribution in [2.45, 2.75) is 18.4 Å². The van der Waals surface area contributed by atoms with E-state index in [2.05, 4.69) is 22.1 Å². The van der Waals surface area contributed by atoms with Crippen LogP contribution in [0.4, 0.5) is 5.69 Å². The van der Waals surface area contributed by atoms with Crippen molar-refractivity contribution in [1.82, 2.24) is 9.97 Å². The van der Waals surface area contributed by atoms with Gasteiger partial charge in [0, 0.05) is 53.5 Å². The van der Waals surface area contributed by atoms with Gasteiger partial charge in [-0.05, 0) is 41.5 Å². The fraction of sp³-hybridized carbons (Fsp3) is 0.179. The summed E-state index contributed by atoms with van der Waals surface area (Å²) < 4.78 is 12.0. The van der Waals surface area contributed by atoms with Gasteiger partial charge in [-0.3, -0.25) is 14.8 Å². The van der Waals surface area contributed by atoms with Gasteiger partial charge >= 0.3 is 0 Å². The van der Waals surface area contributed by atoms with Gasteiger partial charge in [-0.15, -0.1) is 0 Å². The molecule has 2 aromatic carbocycles. The predicted molar refractivity (Wildman–Crippen MR) is 127 cm³/mol. The van der Waals surface area contributed by atoms with Gasteiger partial charge in [0.25, 0.3) is 0 Å². The zero-order valence-electron chi connectivity index (χ0n) is 18.4. The molecule has 1 unspecified atom stereocenters. The summed E-state index contributed by atoms with van der Waals surface area (Å²) in [5.74, 6) is 1.59. The van der Waals surface area contributed by atoms with Crippen LogP contribution in [0.25, 0.3) is 11.1 Å². The van der Waals surface area contributed by atoms with Gasteiger partial charge in [0.2, 0.25) is 5.91 Å². The molecule has 0 radical (unpaired) electrons. The average molecular weight is 447 g/mol. The van der Waals surface area contributed by atoms with Crippen molar-refractivity contribution in [3.8, 4) is 22.6 Å². The summed E-state index contributed by atoms with van der Waals surface area (Å²) in [4.78, 5) is 25.1. The van der Waals surface area contributed by atoms with Gasteiger partial charge < -0.3 is 14.4 Å². The normalized spacial score (nSPS) is 19.5. The van der Waals surface area contributed by atoms with Gasteiger partial charge in [0.15, 0.2) is 0 Å². The quantitative estimate of drug-likeness (QED) is 0.469. The molecule has 0 saturated heterocycles. The van der Waals surface area contributed by atoms with Gasteiger partial charge in [-0.2, -0.15) is 0 Å². The van der Waals surface area contributed by atoms with Crippen LogP contribution >= 0.6 is 0 Å². The van der Waals surface area contributed by atoms with E-state index in [4.69, 9.17) is 9.47 Å². The largest absolute Gasteiger partial charge is 0.493 e. The Hall–Kier alpha value is -4.19. The molecule has 34 heavy (non-hydrogen) atoms. The minimum Gasteiger partial charge on any atom is -0.493 e. The van der Waals surface area contributed by atoms with E-state index in [0.717, 1.165) is 57.1 Å². The third-order valence-corrected chi connectivity index (χ3v) is 7.08. The molecule has 2 aromatic heterocycles. The topological polar surface area (TPSA) is 64.6 Å². The Labute approximate surface area is 196 Å². The summed E-state index contributed by atoms with van der Waals surface area (Å²) in [5, 5.41) is 0. The number of benzene rings is 2. The van der Waals surface area contributed by atoms with Crippen molar-refractivity contribution < 1.29 is 14.3 Å². The molecule has 6 nitrogen and oxygen atoms in total. The highest BCUT2D eigenvalue weighted by molar-refractivity contribution is 6.13. The van der Waals surface area contributed by atoms with Crippen LogP contribution in [0.3, 0.4) is 0 Å². The molecular weight excluding hydrogens is 426 g/mol. The van der Waals surface area contributed by atoms with E-state index >= 15 is 0 Å². The molecular formula is C28H21N3O3.